The van der Waals surface area contributed by atoms with Crippen LogP contribution < -0.4 is 0 Å². The van der Waals surface area contributed by atoms with Gasteiger partial charge in [-0.3, -0.25) is 9.69 Å². The maximum Gasteiger partial charge on any atom is 0.159 e. The highest BCUT2D eigenvalue weighted by Crippen LogP contribution is 2.17. The lowest BCUT2D eigenvalue weighted by Gasteiger charge is -2.26. The number of nitrogens with zero attached hydrogens (tertiary/aromatic N) is 1. The Hall–Kier alpha value is -1.71. The molecule has 1 aliphatic heterocycles. The number of rotatable bonds is 4. The molecule has 2 aliphatic rings. The fraction of sp³-hybridized carbons (Fsp3) is 0.389. The van der Waals surface area contributed by atoms with E-state index < -0.39 is 0 Å². The van der Waals surface area contributed by atoms with Crippen molar-refractivity contribution in [1.29, 1.82) is 0 Å². The zero-order chi connectivity index (χ0) is 14.5. The standard InChI is InChI=1S/C18H21NO2/c20-18-3-1-2-17(13-18)12-15-4-6-16(7-5-15)14-19-8-10-21-11-9-19/h1-7H,8-14H2. The number of hydrogen-bond acceptors (Lipinski definition) is 3. The predicted molar refractivity (Wildman–Crippen MR) is 83.1 cm³/mol. The van der Waals surface area contributed by atoms with Crippen LogP contribution in [-0.2, 0) is 22.5 Å². The van der Waals surface area contributed by atoms with Gasteiger partial charge in [-0.05, 0) is 23.6 Å². The molecule has 21 heavy (non-hydrogen) atoms. The van der Waals surface area contributed by atoms with E-state index in [-0.39, 0.29) is 5.78 Å². The van der Waals surface area contributed by atoms with E-state index in [4.69, 9.17) is 4.74 Å². The second-order valence-corrected chi connectivity index (χ2v) is 5.71. The van der Waals surface area contributed by atoms with Gasteiger partial charge in [0.05, 0.1) is 13.2 Å². The minimum Gasteiger partial charge on any atom is -0.379 e. The van der Waals surface area contributed by atoms with Crippen molar-refractivity contribution >= 4 is 5.78 Å². The number of allylic oxidation sites excluding steroid dienone is 4. The van der Waals surface area contributed by atoms with Gasteiger partial charge in [-0.15, -0.1) is 0 Å². The second-order valence-electron chi connectivity index (χ2n) is 5.71. The van der Waals surface area contributed by atoms with Crippen LogP contribution in [0.25, 0.3) is 0 Å². The van der Waals surface area contributed by atoms with Crippen LogP contribution in [0.4, 0.5) is 0 Å². The van der Waals surface area contributed by atoms with E-state index >= 15 is 0 Å². The summed E-state index contributed by atoms with van der Waals surface area (Å²) in [7, 11) is 0. The van der Waals surface area contributed by atoms with E-state index in [9.17, 15) is 4.79 Å². The summed E-state index contributed by atoms with van der Waals surface area (Å²) in [4.78, 5) is 13.8. The lowest BCUT2D eigenvalue weighted by atomic mass is 9.96. The SMILES string of the molecule is O=C1C=CC=C(Cc2ccc(CN3CCOCC3)cc2)C1. The molecule has 1 heterocycles. The fourth-order valence-electron chi connectivity index (χ4n) is 2.80. The van der Waals surface area contributed by atoms with Crippen LogP contribution >= 0.6 is 0 Å². The van der Waals surface area contributed by atoms with Gasteiger partial charge >= 0.3 is 0 Å². The number of benzene rings is 1. The van der Waals surface area contributed by atoms with Crippen molar-refractivity contribution in [3.05, 3.63) is 59.2 Å². The van der Waals surface area contributed by atoms with E-state index in [1.54, 1.807) is 6.08 Å². The first-order chi connectivity index (χ1) is 10.3. The highest BCUT2D eigenvalue weighted by molar-refractivity contribution is 5.93. The fourth-order valence-corrected chi connectivity index (χ4v) is 2.80. The highest BCUT2D eigenvalue weighted by atomic mass is 16.5. The Bertz CT molecular complexity index is 551. The third-order valence-electron chi connectivity index (χ3n) is 3.98. The molecular formula is C18H21NO2. The van der Waals surface area contributed by atoms with Crippen LogP contribution in [0, 0.1) is 0 Å². The molecule has 1 aromatic carbocycles. The molecule has 1 aliphatic carbocycles. The molecule has 0 saturated carbocycles. The molecule has 3 nitrogen and oxygen atoms in total. The third-order valence-corrected chi connectivity index (χ3v) is 3.98. The van der Waals surface area contributed by atoms with Gasteiger partial charge in [0, 0.05) is 26.1 Å². The van der Waals surface area contributed by atoms with Gasteiger partial charge in [-0.2, -0.15) is 0 Å². The number of carbonyl (C=O) groups is 1. The molecule has 1 fully saturated rings. The summed E-state index contributed by atoms with van der Waals surface area (Å²) in [5.74, 6) is 0.205. The minimum atomic E-state index is 0.205. The smallest absolute Gasteiger partial charge is 0.159 e. The van der Waals surface area contributed by atoms with Crippen LogP contribution in [0.5, 0.6) is 0 Å². The molecule has 0 atom stereocenters. The van der Waals surface area contributed by atoms with Gasteiger partial charge in [-0.25, -0.2) is 0 Å². The predicted octanol–water partition coefficient (Wildman–Crippen LogP) is 2.52. The molecule has 0 aromatic heterocycles. The van der Waals surface area contributed by atoms with Crippen molar-refractivity contribution in [1.82, 2.24) is 4.90 Å². The van der Waals surface area contributed by atoms with Crippen molar-refractivity contribution in [3.63, 3.8) is 0 Å². The van der Waals surface area contributed by atoms with Gasteiger partial charge in [0.15, 0.2) is 5.78 Å². The van der Waals surface area contributed by atoms with Gasteiger partial charge in [0.1, 0.15) is 0 Å². The van der Waals surface area contributed by atoms with Crippen molar-refractivity contribution in [2.24, 2.45) is 0 Å². The zero-order valence-corrected chi connectivity index (χ0v) is 12.3. The van der Waals surface area contributed by atoms with Gasteiger partial charge in [-0.1, -0.05) is 42.0 Å². The van der Waals surface area contributed by atoms with E-state index in [2.05, 4.69) is 35.2 Å². The Morgan fingerprint density at radius 1 is 1.05 bits per heavy atom. The molecule has 3 rings (SSSR count). The monoisotopic (exact) mass is 283 g/mol. The normalized spacial score (nSPS) is 19.6. The van der Waals surface area contributed by atoms with E-state index in [0.717, 1.165) is 39.3 Å². The topological polar surface area (TPSA) is 29.5 Å². The van der Waals surface area contributed by atoms with Crippen molar-refractivity contribution in [2.75, 3.05) is 26.3 Å². The van der Waals surface area contributed by atoms with Crippen LogP contribution in [0.2, 0.25) is 0 Å². The quantitative estimate of drug-likeness (QED) is 0.850. The number of hydrogen-bond donors (Lipinski definition) is 0. The van der Waals surface area contributed by atoms with Crippen LogP contribution in [-0.4, -0.2) is 37.0 Å². The lowest BCUT2D eigenvalue weighted by molar-refractivity contribution is -0.114. The van der Waals surface area contributed by atoms with Crippen molar-refractivity contribution in [3.8, 4) is 0 Å². The zero-order valence-electron chi connectivity index (χ0n) is 12.3. The summed E-state index contributed by atoms with van der Waals surface area (Å²) in [5.41, 5.74) is 3.81. The highest BCUT2D eigenvalue weighted by Gasteiger charge is 2.11. The van der Waals surface area contributed by atoms with E-state index in [1.807, 2.05) is 6.08 Å². The number of ether oxygens (including phenoxy) is 1. The molecule has 1 saturated heterocycles. The molecule has 0 unspecified atom stereocenters. The molecule has 3 heteroatoms. The first-order valence-electron chi connectivity index (χ1n) is 7.56. The summed E-state index contributed by atoms with van der Waals surface area (Å²) in [5, 5.41) is 0. The average molecular weight is 283 g/mol. The summed E-state index contributed by atoms with van der Waals surface area (Å²) >= 11 is 0. The number of morpholine rings is 1. The number of ketones is 1. The molecule has 0 radical (unpaired) electrons. The maximum absolute atomic E-state index is 11.4. The van der Waals surface area contributed by atoms with Gasteiger partial charge in [0.25, 0.3) is 0 Å². The molecule has 0 spiro atoms. The Balaban J connectivity index is 1.57. The third kappa shape index (κ3) is 4.13. The Morgan fingerprint density at radius 2 is 1.76 bits per heavy atom. The molecule has 110 valence electrons. The largest absolute Gasteiger partial charge is 0.379 e. The summed E-state index contributed by atoms with van der Waals surface area (Å²) in [6.07, 6.45) is 6.99. The summed E-state index contributed by atoms with van der Waals surface area (Å²) in [6, 6.07) is 8.76. The van der Waals surface area contributed by atoms with Crippen LogP contribution in [0.3, 0.4) is 0 Å². The van der Waals surface area contributed by atoms with Crippen LogP contribution in [0.15, 0.2) is 48.1 Å². The molecule has 0 N–H and O–H groups in total. The second kappa shape index (κ2) is 6.83. The Kier molecular flexibility index (Phi) is 4.63. The van der Waals surface area contributed by atoms with Gasteiger partial charge < -0.3 is 4.74 Å². The summed E-state index contributed by atoms with van der Waals surface area (Å²) < 4.78 is 5.37. The molecule has 1 aromatic rings. The molecule has 0 bridgehead atoms. The maximum atomic E-state index is 11.4. The van der Waals surface area contributed by atoms with Crippen molar-refractivity contribution in [2.45, 2.75) is 19.4 Å². The average Bonchev–Trinajstić information content (AvgIpc) is 2.50. The van der Waals surface area contributed by atoms with E-state index in [0.29, 0.717) is 6.42 Å². The first-order valence-corrected chi connectivity index (χ1v) is 7.56. The summed E-state index contributed by atoms with van der Waals surface area (Å²) in [6.45, 7) is 4.71. The Morgan fingerprint density at radius 3 is 2.48 bits per heavy atom. The van der Waals surface area contributed by atoms with E-state index in [1.165, 1.54) is 16.7 Å². The van der Waals surface area contributed by atoms with Crippen LogP contribution in [0.1, 0.15) is 17.5 Å². The van der Waals surface area contributed by atoms with Gasteiger partial charge in [0.2, 0.25) is 0 Å². The lowest BCUT2D eigenvalue weighted by Crippen LogP contribution is -2.35. The Labute approximate surface area is 125 Å². The number of carbonyl (C=O) groups excluding carboxylic acids is 1. The molecular weight excluding hydrogens is 262 g/mol. The first kappa shape index (κ1) is 14.2. The minimum absolute atomic E-state index is 0.205. The van der Waals surface area contributed by atoms with Crippen molar-refractivity contribution < 1.29 is 9.53 Å². The molecule has 0 amide bonds.